The lowest BCUT2D eigenvalue weighted by molar-refractivity contribution is 0.0697. The van der Waals surface area contributed by atoms with E-state index >= 15 is 0 Å². The molecule has 8 heteroatoms. The van der Waals surface area contributed by atoms with E-state index in [2.05, 4.69) is 22.0 Å². The normalized spacial score (nSPS) is 13.8. The number of rotatable bonds is 8. The minimum Gasteiger partial charge on any atom is -0.493 e. The highest BCUT2D eigenvalue weighted by atomic mass is 35.5. The van der Waals surface area contributed by atoms with Gasteiger partial charge in [0.25, 0.3) is 0 Å². The minimum atomic E-state index is -0.970. The second-order valence-electron chi connectivity index (χ2n) is 7.70. The monoisotopic (exact) mass is 480 g/mol. The molecule has 0 atom stereocenters. The molecule has 1 aliphatic heterocycles. The van der Waals surface area contributed by atoms with E-state index in [1.54, 1.807) is 37.6 Å². The van der Waals surface area contributed by atoms with Gasteiger partial charge in [-0.1, -0.05) is 23.7 Å². The average molecular weight is 481 g/mol. The number of morpholine rings is 1. The van der Waals surface area contributed by atoms with Crippen LogP contribution in [-0.4, -0.2) is 50.7 Å². The number of carboxylic acids is 1. The minimum absolute atomic E-state index is 0.221. The molecule has 176 valence electrons. The summed E-state index contributed by atoms with van der Waals surface area (Å²) in [6.45, 7) is 3.50. The summed E-state index contributed by atoms with van der Waals surface area (Å²) in [5.74, 6) is -0.0697. The van der Waals surface area contributed by atoms with Gasteiger partial charge in [0.15, 0.2) is 11.5 Å². The number of carboxylic acid groups (broad SMARTS) is 1. The first-order valence-electron chi connectivity index (χ1n) is 10.8. The van der Waals surface area contributed by atoms with Gasteiger partial charge in [-0.3, -0.25) is 4.99 Å². The van der Waals surface area contributed by atoms with Gasteiger partial charge in [0.05, 0.1) is 36.6 Å². The van der Waals surface area contributed by atoms with Gasteiger partial charge in [0.1, 0.15) is 6.61 Å². The number of hydrogen-bond donors (Lipinski definition) is 1. The van der Waals surface area contributed by atoms with E-state index in [1.807, 2.05) is 12.1 Å². The van der Waals surface area contributed by atoms with Gasteiger partial charge in [-0.05, 0) is 59.7 Å². The van der Waals surface area contributed by atoms with Crippen LogP contribution in [0.2, 0.25) is 5.02 Å². The Morgan fingerprint density at radius 3 is 2.47 bits per heavy atom. The molecule has 0 saturated carbocycles. The molecule has 0 aromatic heterocycles. The van der Waals surface area contributed by atoms with Gasteiger partial charge in [0, 0.05) is 25.0 Å². The summed E-state index contributed by atoms with van der Waals surface area (Å²) in [7, 11) is 1.55. The Balaban J connectivity index is 1.43. The van der Waals surface area contributed by atoms with Crippen molar-refractivity contribution in [3.8, 4) is 11.5 Å². The molecule has 3 aromatic carbocycles. The number of methoxy groups -OCH3 is 1. The lowest BCUT2D eigenvalue weighted by Gasteiger charge is -2.28. The molecule has 3 aromatic rings. The van der Waals surface area contributed by atoms with Crippen molar-refractivity contribution < 1.29 is 24.1 Å². The third-order valence-corrected chi connectivity index (χ3v) is 5.71. The van der Waals surface area contributed by atoms with Gasteiger partial charge in [-0.25, -0.2) is 4.79 Å². The number of aromatic carboxylic acids is 1. The van der Waals surface area contributed by atoms with E-state index in [0.29, 0.717) is 16.5 Å². The Morgan fingerprint density at radius 1 is 1.12 bits per heavy atom. The van der Waals surface area contributed by atoms with Crippen molar-refractivity contribution in [3.05, 3.63) is 82.4 Å². The number of hydrogen-bond acceptors (Lipinski definition) is 6. The van der Waals surface area contributed by atoms with Crippen molar-refractivity contribution in [3.63, 3.8) is 0 Å². The fourth-order valence-corrected chi connectivity index (χ4v) is 3.85. The van der Waals surface area contributed by atoms with Crippen LogP contribution in [0.1, 0.15) is 21.5 Å². The summed E-state index contributed by atoms with van der Waals surface area (Å²) in [6.07, 6.45) is 1.73. The Kier molecular flexibility index (Phi) is 7.67. The molecule has 0 bridgehead atoms. The van der Waals surface area contributed by atoms with Crippen LogP contribution in [0.15, 0.2) is 65.7 Å². The Labute approximate surface area is 203 Å². The largest absolute Gasteiger partial charge is 0.493 e. The number of carbonyl (C=O) groups is 1. The van der Waals surface area contributed by atoms with E-state index in [9.17, 15) is 4.79 Å². The summed E-state index contributed by atoms with van der Waals surface area (Å²) in [6, 6.07) is 18.1. The molecule has 1 fully saturated rings. The predicted molar refractivity (Wildman–Crippen MR) is 132 cm³/mol. The molecule has 0 radical (unpaired) electrons. The molecule has 1 saturated heterocycles. The Bertz CT molecular complexity index is 1160. The van der Waals surface area contributed by atoms with Crippen molar-refractivity contribution in [2.45, 2.75) is 6.61 Å². The summed E-state index contributed by atoms with van der Waals surface area (Å²) in [4.78, 5) is 17.8. The van der Waals surface area contributed by atoms with Gasteiger partial charge in [0.2, 0.25) is 0 Å². The van der Waals surface area contributed by atoms with E-state index in [4.69, 9.17) is 30.9 Å². The molecular formula is C26H25ClN2O5. The molecule has 0 amide bonds. The number of ether oxygens (including phenoxy) is 3. The summed E-state index contributed by atoms with van der Waals surface area (Å²) >= 11 is 6.47. The van der Waals surface area contributed by atoms with Gasteiger partial charge < -0.3 is 24.2 Å². The van der Waals surface area contributed by atoms with Crippen molar-refractivity contribution >= 4 is 35.2 Å². The molecule has 1 N–H and O–H groups in total. The van der Waals surface area contributed by atoms with Crippen molar-refractivity contribution in [2.24, 2.45) is 4.99 Å². The van der Waals surface area contributed by atoms with Crippen LogP contribution < -0.4 is 14.4 Å². The lowest BCUT2D eigenvalue weighted by atomic mass is 10.1. The number of anilines is 1. The highest BCUT2D eigenvalue weighted by Gasteiger charge is 2.13. The van der Waals surface area contributed by atoms with E-state index in [0.717, 1.165) is 48.8 Å². The van der Waals surface area contributed by atoms with Crippen LogP contribution in [-0.2, 0) is 11.3 Å². The van der Waals surface area contributed by atoms with E-state index in [-0.39, 0.29) is 12.2 Å². The highest BCUT2D eigenvalue weighted by Crippen LogP contribution is 2.36. The van der Waals surface area contributed by atoms with Crippen LogP contribution in [0.5, 0.6) is 11.5 Å². The molecular weight excluding hydrogens is 456 g/mol. The Morgan fingerprint density at radius 2 is 1.82 bits per heavy atom. The smallest absolute Gasteiger partial charge is 0.335 e. The van der Waals surface area contributed by atoms with Crippen LogP contribution in [0.4, 0.5) is 11.4 Å². The van der Waals surface area contributed by atoms with Crippen LogP contribution in [0.25, 0.3) is 0 Å². The molecule has 0 spiro atoms. The second kappa shape index (κ2) is 11.0. The SMILES string of the molecule is COc1cc(C=Nc2ccc(N3CCOCC3)cc2)cc(Cl)c1OCc1ccc(C(=O)O)cc1. The second-order valence-corrected chi connectivity index (χ2v) is 8.11. The van der Waals surface area contributed by atoms with Gasteiger partial charge in [-0.15, -0.1) is 0 Å². The molecule has 0 unspecified atom stereocenters. The Hall–Kier alpha value is -3.55. The average Bonchev–Trinajstić information content (AvgIpc) is 2.87. The first-order valence-corrected chi connectivity index (χ1v) is 11.2. The summed E-state index contributed by atoms with van der Waals surface area (Å²) in [5, 5.41) is 9.41. The summed E-state index contributed by atoms with van der Waals surface area (Å²) in [5.41, 5.74) is 3.80. The first kappa shape index (κ1) is 23.6. The predicted octanol–water partition coefficient (Wildman–Crippen LogP) is 5.21. The maximum absolute atomic E-state index is 11.0. The van der Waals surface area contributed by atoms with Crippen molar-refractivity contribution in [1.29, 1.82) is 0 Å². The maximum Gasteiger partial charge on any atom is 0.335 e. The summed E-state index contributed by atoms with van der Waals surface area (Å²) < 4.78 is 16.8. The molecule has 1 aliphatic rings. The molecule has 34 heavy (non-hydrogen) atoms. The quantitative estimate of drug-likeness (QED) is 0.445. The maximum atomic E-state index is 11.0. The van der Waals surface area contributed by atoms with Gasteiger partial charge in [-0.2, -0.15) is 0 Å². The van der Waals surface area contributed by atoms with E-state index in [1.165, 1.54) is 12.1 Å². The number of nitrogens with zero attached hydrogens (tertiary/aromatic N) is 2. The zero-order chi connectivity index (χ0) is 23.9. The molecule has 4 rings (SSSR count). The number of halogens is 1. The molecule has 7 nitrogen and oxygen atoms in total. The highest BCUT2D eigenvalue weighted by molar-refractivity contribution is 6.32. The van der Waals surface area contributed by atoms with Crippen LogP contribution >= 0.6 is 11.6 Å². The van der Waals surface area contributed by atoms with Crippen molar-refractivity contribution in [1.82, 2.24) is 0 Å². The third kappa shape index (κ3) is 5.87. The number of benzene rings is 3. The fourth-order valence-electron chi connectivity index (χ4n) is 3.57. The first-order chi connectivity index (χ1) is 16.5. The fraction of sp³-hybridized carbons (Fsp3) is 0.231. The van der Waals surface area contributed by atoms with Crippen LogP contribution in [0, 0.1) is 0 Å². The van der Waals surface area contributed by atoms with Crippen LogP contribution in [0.3, 0.4) is 0 Å². The zero-order valence-corrected chi connectivity index (χ0v) is 19.5. The number of aliphatic imine (C=N–C) groups is 1. The molecule has 1 heterocycles. The molecule has 0 aliphatic carbocycles. The van der Waals surface area contributed by atoms with Gasteiger partial charge >= 0.3 is 5.97 Å². The van der Waals surface area contributed by atoms with Crippen molar-refractivity contribution in [2.75, 3.05) is 38.3 Å². The topological polar surface area (TPSA) is 80.6 Å². The van der Waals surface area contributed by atoms with E-state index < -0.39 is 5.97 Å². The third-order valence-electron chi connectivity index (χ3n) is 5.42. The lowest BCUT2D eigenvalue weighted by Crippen LogP contribution is -2.36. The zero-order valence-electron chi connectivity index (χ0n) is 18.7. The standard InChI is InChI=1S/C26H25ClN2O5/c1-32-24-15-19(16-28-21-6-8-22(9-7-21)29-10-12-33-13-11-29)14-23(27)25(24)34-17-18-2-4-20(5-3-18)26(30)31/h2-9,14-16H,10-13,17H2,1H3,(H,30,31).